The summed E-state index contributed by atoms with van der Waals surface area (Å²) in [7, 11) is -1.96. The van der Waals surface area contributed by atoms with Gasteiger partial charge in [0.25, 0.3) is 0 Å². The quantitative estimate of drug-likeness (QED) is 0.0643. The fourth-order valence-electron chi connectivity index (χ4n) is 6.28. The van der Waals surface area contributed by atoms with Gasteiger partial charge in [-0.2, -0.15) is 0 Å². The first kappa shape index (κ1) is 36.1. The van der Waals surface area contributed by atoms with E-state index in [1.165, 1.54) is 105 Å². The van der Waals surface area contributed by atoms with Crippen LogP contribution in [0.5, 0.6) is 5.75 Å². The monoisotopic (exact) mass is 672 g/mol. The molecular formula is C41H54BrOP. The summed E-state index contributed by atoms with van der Waals surface area (Å²) in [6.07, 6.45) is 20.2. The molecule has 44 heavy (non-hydrogen) atoms. The van der Waals surface area contributed by atoms with Crippen LogP contribution < -0.4 is 37.6 Å². The Morgan fingerprint density at radius 3 is 1.23 bits per heavy atom. The lowest BCUT2D eigenvalue weighted by Gasteiger charge is -2.28. The van der Waals surface area contributed by atoms with Crippen LogP contribution in [0.15, 0.2) is 115 Å². The van der Waals surface area contributed by atoms with Crippen LogP contribution in [0.25, 0.3) is 0 Å². The van der Waals surface area contributed by atoms with Gasteiger partial charge in [-0.05, 0) is 48.9 Å². The smallest absolute Gasteiger partial charge is 0.126 e. The zero-order valence-electron chi connectivity index (χ0n) is 27.0. The van der Waals surface area contributed by atoms with Crippen LogP contribution in [-0.4, -0.2) is 6.61 Å². The molecule has 0 saturated carbocycles. The van der Waals surface area contributed by atoms with Crippen molar-refractivity contribution in [1.82, 2.24) is 0 Å². The highest BCUT2D eigenvalue weighted by atomic mass is 79.9. The van der Waals surface area contributed by atoms with Gasteiger partial charge in [-0.1, -0.05) is 163 Å². The van der Waals surface area contributed by atoms with E-state index in [0.717, 1.165) is 24.9 Å². The van der Waals surface area contributed by atoms with Gasteiger partial charge in [-0.15, -0.1) is 0 Å². The minimum Gasteiger partial charge on any atom is -1.00 e. The van der Waals surface area contributed by atoms with E-state index in [9.17, 15) is 0 Å². The molecular weight excluding hydrogens is 619 g/mol. The highest BCUT2D eigenvalue weighted by Crippen LogP contribution is 2.59. The Morgan fingerprint density at radius 1 is 0.432 bits per heavy atom. The Morgan fingerprint density at radius 2 is 0.795 bits per heavy atom. The van der Waals surface area contributed by atoms with Crippen molar-refractivity contribution in [3.8, 4) is 5.75 Å². The average molecular weight is 674 g/mol. The molecule has 4 rings (SSSR count). The van der Waals surface area contributed by atoms with Gasteiger partial charge in [0, 0.05) is 5.56 Å². The largest absolute Gasteiger partial charge is 1.00 e. The molecule has 0 aromatic heterocycles. The Bertz CT molecular complexity index is 1160. The first-order chi connectivity index (χ1) is 21.3. The van der Waals surface area contributed by atoms with E-state index in [-0.39, 0.29) is 17.0 Å². The molecule has 0 saturated heterocycles. The fourth-order valence-corrected chi connectivity index (χ4v) is 10.5. The van der Waals surface area contributed by atoms with E-state index >= 15 is 0 Å². The number of unbranched alkanes of at least 4 members (excludes halogenated alkanes) is 13. The van der Waals surface area contributed by atoms with Crippen LogP contribution in [0.3, 0.4) is 0 Å². The summed E-state index contributed by atoms with van der Waals surface area (Å²) in [5, 5.41) is 4.23. The maximum Gasteiger partial charge on any atom is 0.126 e. The normalized spacial score (nSPS) is 11.2. The van der Waals surface area contributed by atoms with E-state index in [2.05, 4.69) is 122 Å². The van der Waals surface area contributed by atoms with Gasteiger partial charge in [-0.25, -0.2) is 0 Å². The van der Waals surface area contributed by atoms with Crippen molar-refractivity contribution < 1.29 is 21.7 Å². The van der Waals surface area contributed by atoms with Crippen molar-refractivity contribution in [2.24, 2.45) is 0 Å². The molecule has 0 aliphatic carbocycles. The average Bonchev–Trinajstić information content (AvgIpc) is 3.07. The third-order valence-electron chi connectivity index (χ3n) is 8.73. The predicted octanol–water partition coefficient (Wildman–Crippen LogP) is 8.04. The minimum absolute atomic E-state index is 0. The fraction of sp³-hybridized carbons (Fsp3) is 0.415. The summed E-state index contributed by atoms with van der Waals surface area (Å²) in [5.74, 6) is 1.05. The predicted molar refractivity (Wildman–Crippen MR) is 191 cm³/mol. The second-order valence-corrected chi connectivity index (χ2v) is 15.5. The van der Waals surface area contributed by atoms with E-state index in [4.69, 9.17) is 4.74 Å². The molecule has 0 aliphatic rings. The molecule has 0 fully saturated rings. The molecule has 1 nitrogen and oxygen atoms in total. The Balaban J connectivity index is 0.00000529. The number of ether oxygens (including phenoxy) is 1. The number of para-hydroxylation sites is 1. The van der Waals surface area contributed by atoms with Gasteiger partial charge in [-0.3, -0.25) is 0 Å². The Hall–Kier alpha value is -2.41. The van der Waals surface area contributed by atoms with Gasteiger partial charge < -0.3 is 21.7 Å². The molecule has 0 amide bonds. The lowest BCUT2D eigenvalue weighted by molar-refractivity contribution is -0.00000919. The van der Waals surface area contributed by atoms with Crippen molar-refractivity contribution in [1.29, 1.82) is 0 Å². The SMILES string of the molecule is CCCCCCCCCCCCCCCCOc1ccccc1C[P+](c1ccccc1)(c1ccccc1)c1ccccc1.[Br-]. The first-order valence-corrected chi connectivity index (χ1v) is 19.1. The standard InChI is InChI=1S/C41H54OP.BrH/c1-2-3-4-5-6-7-8-9-10-11-12-13-14-26-35-42-41-34-25-24-27-37(41)36-43(38-28-18-15-19-29-38,39-30-20-16-21-31-39)40-32-22-17-23-33-40;/h15-25,27-34H,2-14,26,35-36H2,1H3;1H/q+1;/p-1. The lowest BCUT2D eigenvalue weighted by Crippen LogP contribution is -3.00. The van der Waals surface area contributed by atoms with E-state index in [0.29, 0.717) is 0 Å². The zero-order valence-corrected chi connectivity index (χ0v) is 29.5. The number of benzene rings is 4. The van der Waals surface area contributed by atoms with Crippen molar-refractivity contribution >= 4 is 23.2 Å². The summed E-state index contributed by atoms with van der Waals surface area (Å²) >= 11 is 0. The van der Waals surface area contributed by atoms with E-state index in [1.807, 2.05) is 0 Å². The van der Waals surface area contributed by atoms with Crippen molar-refractivity contribution in [3.63, 3.8) is 0 Å². The molecule has 236 valence electrons. The lowest BCUT2D eigenvalue weighted by atomic mass is 10.0. The molecule has 0 unspecified atom stereocenters. The maximum atomic E-state index is 6.52. The van der Waals surface area contributed by atoms with Crippen molar-refractivity contribution in [2.45, 2.75) is 103 Å². The summed E-state index contributed by atoms with van der Waals surface area (Å²) in [4.78, 5) is 0. The molecule has 0 atom stereocenters. The molecule has 0 bridgehead atoms. The van der Waals surface area contributed by atoms with Gasteiger partial charge in [0.2, 0.25) is 0 Å². The van der Waals surface area contributed by atoms with Crippen LogP contribution in [0, 0.1) is 0 Å². The van der Waals surface area contributed by atoms with Crippen LogP contribution in [-0.2, 0) is 6.16 Å². The third kappa shape index (κ3) is 11.2. The summed E-state index contributed by atoms with van der Waals surface area (Å²) in [6, 6.07) is 42.2. The summed E-state index contributed by atoms with van der Waals surface area (Å²) in [6.45, 7) is 3.09. The molecule has 3 heteroatoms. The molecule has 0 spiro atoms. The Kier molecular flexibility index (Phi) is 17.5. The topological polar surface area (TPSA) is 9.23 Å². The zero-order chi connectivity index (χ0) is 29.8. The highest BCUT2D eigenvalue weighted by Gasteiger charge is 2.45. The van der Waals surface area contributed by atoms with Crippen LogP contribution in [0.1, 0.15) is 102 Å². The van der Waals surface area contributed by atoms with Crippen LogP contribution in [0.4, 0.5) is 0 Å². The molecule has 4 aromatic carbocycles. The van der Waals surface area contributed by atoms with Crippen molar-refractivity contribution in [3.05, 3.63) is 121 Å². The van der Waals surface area contributed by atoms with Crippen LogP contribution >= 0.6 is 7.26 Å². The number of rotatable bonds is 21. The first-order valence-electron chi connectivity index (χ1n) is 17.1. The Labute approximate surface area is 280 Å². The molecule has 0 N–H and O–H groups in total. The van der Waals surface area contributed by atoms with Crippen LogP contribution in [0.2, 0.25) is 0 Å². The van der Waals surface area contributed by atoms with Gasteiger partial charge in [0.1, 0.15) is 35.1 Å². The summed E-state index contributed by atoms with van der Waals surface area (Å²) < 4.78 is 6.52. The molecule has 0 aliphatic heterocycles. The van der Waals surface area contributed by atoms with E-state index in [1.54, 1.807) is 0 Å². The van der Waals surface area contributed by atoms with Gasteiger partial charge >= 0.3 is 0 Å². The minimum atomic E-state index is -1.96. The third-order valence-corrected chi connectivity index (χ3v) is 13.1. The molecule has 4 aromatic rings. The number of hydrogen-bond acceptors (Lipinski definition) is 1. The van der Waals surface area contributed by atoms with Gasteiger partial charge in [0.05, 0.1) is 6.61 Å². The number of hydrogen-bond donors (Lipinski definition) is 0. The molecule has 0 radical (unpaired) electrons. The number of halogens is 1. The summed E-state index contributed by atoms with van der Waals surface area (Å²) in [5.41, 5.74) is 1.30. The molecule has 0 heterocycles. The van der Waals surface area contributed by atoms with Gasteiger partial charge in [0.15, 0.2) is 0 Å². The second-order valence-electron chi connectivity index (χ2n) is 12.0. The maximum absolute atomic E-state index is 6.52. The second kappa shape index (κ2) is 21.3. The van der Waals surface area contributed by atoms with Crippen molar-refractivity contribution in [2.75, 3.05) is 6.61 Å². The highest BCUT2D eigenvalue weighted by molar-refractivity contribution is 7.95. The van der Waals surface area contributed by atoms with E-state index < -0.39 is 7.26 Å².